The molecule has 5 rings (SSSR count). The van der Waals surface area contributed by atoms with E-state index in [2.05, 4.69) is 0 Å². The molecule has 0 spiro atoms. The lowest BCUT2D eigenvalue weighted by atomic mass is 9.80. The molecule has 0 saturated carbocycles. The molecule has 3 aromatic rings. The van der Waals surface area contributed by atoms with Crippen molar-refractivity contribution in [2.75, 3.05) is 0 Å². The second kappa shape index (κ2) is 8.65. The van der Waals surface area contributed by atoms with Crippen LogP contribution in [0.5, 0.6) is 23.0 Å². The Hall–Kier alpha value is -4.16. The van der Waals surface area contributed by atoms with E-state index in [1.807, 2.05) is 12.2 Å². The Morgan fingerprint density at radius 2 is 1.47 bits per heavy atom. The topological polar surface area (TPSA) is 110 Å². The lowest BCUT2D eigenvalue weighted by Gasteiger charge is -2.25. The van der Waals surface area contributed by atoms with Crippen LogP contribution in [-0.2, 0) is 0 Å². The van der Waals surface area contributed by atoms with Crippen molar-refractivity contribution in [2.45, 2.75) is 24.5 Å². The Labute approximate surface area is 196 Å². The lowest BCUT2D eigenvalue weighted by Crippen LogP contribution is -2.17. The molecule has 1 heterocycles. The largest absolute Gasteiger partial charge is 0.512 e. The van der Waals surface area contributed by atoms with Gasteiger partial charge in [-0.05, 0) is 58.7 Å². The number of hydrogen-bond donors (Lipinski definition) is 5. The monoisotopic (exact) mass is 456 g/mol. The van der Waals surface area contributed by atoms with E-state index >= 15 is 0 Å². The Morgan fingerprint density at radius 3 is 2.15 bits per heavy atom. The van der Waals surface area contributed by atoms with Crippen molar-refractivity contribution in [1.29, 1.82) is 0 Å². The fourth-order valence-electron chi connectivity index (χ4n) is 4.58. The molecule has 3 atom stereocenters. The van der Waals surface area contributed by atoms with Gasteiger partial charge in [-0.1, -0.05) is 42.5 Å². The third-order valence-electron chi connectivity index (χ3n) is 6.09. The molecule has 3 unspecified atom stereocenters. The second-order valence-electron chi connectivity index (χ2n) is 8.55. The Morgan fingerprint density at radius 1 is 0.794 bits per heavy atom. The summed E-state index contributed by atoms with van der Waals surface area (Å²) < 4.78 is 6.32. The minimum Gasteiger partial charge on any atom is -0.512 e. The van der Waals surface area contributed by atoms with Gasteiger partial charge in [-0.15, -0.1) is 0 Å². The first-order valence-electron chi connectivity index (χ1n) is 11.0. The van der Waals surface area contributed by atoms with Crippen LogP contribution in [-0.4, -0.2) is 31.6 Å². The van der Waals surface area contributed by atoms with Crippen molar-refractivity contribution in [3.05, 3.63) is 106 Å². The number of benzene rings is 3. The zero-order valence-electron chi connectivity index (χ0n) is 18.2. The molecule has 5 N–H and O–H groups in total. The number of ether oxygens (including phenoxy) is 1. The van der Waals surface area contributed by atoms with Crippen LogP contribution < -0.4 is 4.74 Å². The average molecular weight is 456 g/mol. The summed E-state index contributed by atoms with van der Waals surface area (Å²) in [4.78, 5) is 0. The maximum absolute atomic E-state index is 10.4. The molecular weight excluding hydrogens is 432 g/mol. The number of aliphatic hydroxyl groups excluding tert-OH is 2. The molecule has 1 aliphatic carbocycles. The molecule has 0 fully saturated rings. The molecule has 1 aliphatic heterocycles. The molecule has 0 radical (unpaired) electrons. The molecule has 3 aromatic carbocycles. The number of hydrogen-bond acceptors (Lipinski definition) is 6. The number of fused-ring (bicyclic) bond motifs is 1. The zero-order chi connectivity index (χ0) is 23.8. The highest BCUT2D eigenvalue weighted by Gasteiger charge is 2.40. The summed E-state index contributed by atoms with van der Waals surface area (Å²) >= 11 is 0. The first kappa shape index (κ1) is 21.7. The predicted molar refractivity (Wildman–Crippen MR) is 129 cm³/mol. The van der Waals surface area contributed by atoms with Gasteiger partial charge in [0.2, 0.25) is 0 Å². The van der Waals surface area contributed by atoms with Crippen molar-refractivity contribution in [1.82, 2.24) is 0 Å². The van der Waals surface area contributed by atoms with Crippen LogP contribution in [0.15, 0.2) is 84.1 Å². The number of rotatable bonds is 4. The van der Waals surface area contributed by atoms with Crippen LogP contribution in [0.3, 0.4) is 0 Å². The van der Waals surface area contributed by atoms with Crippen molar-refractivity contribution >= 4 is 12.2 Å². The molecule has 0 amide bonds. The van der Waals surface area contributed by atoms with Crippen molar-refractivity contribution < 1.29 is 30.3 Å². The first-order chi connectivity index (χ1) is 16.4. The van der Waals surface area contributed by atoms with Crippen LogP contribution in [0.4, 0.5) is 0 Å². The number of aromatic hydroxyl groups is 3. The minimum absolute atomic E-state index is 0.0465. The van der Waals surface area contributed by atoms with Gasteiger partial charge in [0.05, 0.1) is 17.8 Å². The van der Waals surface area contributed by atoms with E-state index in [1.165, 1.54) is 0 Å². The van der Waals surface area contributed by atoms with E-state index in [0.717, 1.165) is 22.3 Å². The molecule has 0 aromatic heterocycles. The van der Waals surface area contributed by atoms with Crippen molar-refractivity contribution in [3.63, 3.8) is 0 Å². The highest BCUT2D eigenvalue weighted by Crippen LogP contribution is 2.53. The second-order valence-corrected chi connectivity index (χ2v) is 8.55. The van der Waals surface area contributed by atoms with Crippen LogP contribution >= 0.6 is 0 Å². The normalized spacial score (nSPS) is 21.6. The highest BCUT2D eigenvalue weighted by molar-refractivity contribution is 5.75. The summed E-state index contributed by atoms with van der Waals surface area (Å²) in [5.41, 5.74) is 3.92. The Bertz CT molecular complexity index is 1300. The van der Waals surface area contributed by atoms with Gasteiger partial charge < -0.3 is 30.3 Å². The zero-order valence-corrected chi connectivity index (χ0v) is 18.2. The van der Waals surface area contributed by atoms with E-state index in [-0.39, 0.29) is 35.3 Å². The van der Waals surface area contributed by atoms with Gasteiger partial charge in [-0.2, -0.15) is 0 Å². The molecule has 6 nitrogen and oxygen atoms in total. The fourth-order valence-corrected chi connectivity index (χ4v) is 4.58. The van der Waals surface area contributed by atoms with Crippen LogP contribution in [0.25, 0.3) is 12.2 Å². The Balaban J connectivity index is 1.64. The summed E-state index contributed by atoms with van der Waals surface area (Å²) in [6, 6.07) is 16.7. The van der Waals surface area contributed by atoms with E-state index in [4.69, 9.17) is 4.74 Å². The molecule has 34 heavy (non-hydrogen) atoms. The third kappa shape index (κ3) is 4.23. The van der Waals surface area contributed by atoms with Crippen molar-refractivity contribution in [2.24, 2.45) is 0 Å². The lowest BCUT2D eigenvalue weighted by molar-refractivity contribution is 0.193. The molecule has 2 aliphatic rings. The van der Waals surface area contributed by atoms with Crippen LogP contribution in [0, 0.1) is 0 Å². The molecule has 172 valence electrons. The minimum atomic E-state index is -0.822. The van der Waals surface area contributed by atoms with Crippen LogP contribution in [0.1, 0.15) is 40.7 Å². The number of phenols is 3. The maximum Gasteiger partial charge on any atom is 0.135 e. The van der Waals surface area contributed by atoms with Gasteiger partial charge in [0.25, 0.3) is 0 Å². The van der Waals surface area contributed by atoms with E-state index < -0.39 is 12.2 Å². The average Bonchev–Trinajstić information content (AvgIpc) is 3.17. The Kier molecular flexibility index (Phi) is 5.51. The van der Waals surface area contributed by atoms with Gasteiger partial charge in [0, 0.05) is 18.1 Å². The summed E-state index contributed by atoms with van der Waals surface area (Å²) in [6.07, 6.45) is 5.94. The summed E-state index contributed by atoms with van der Waals surface area (Å²) in [5.74, 6) is 0.568. The van der Waals surface area contributed by atoms with Gasteiger partial charge in [-0.3, -0.25) is 0 Å². The molecule has 0 bridgehead atoms. The van der Waals surface area contributed by atoms with Gasteiger partial charge in [-0.25, -0.2) is 0 Å². The summed E-state index contributed by atoms with van der Waals surface area (Å²) in [5, 5.41) is 50.3. The van der Waals surface area contributed by atoms with E-state index in [1.54, 1.807) is 72.8 Å². The van der Waals surface area contributed by atoms with Crippen LogP contribution in [0.2, 0.25) is 0 Å². The summed E-state index contributed by atoms with van der Waals surface area (Å²) in [7, 11) is 0. The molecular formula is C28H24O6. The van der Waals surface area contributed by atoms with E-state index in [0.29, 0.717) is 11.3 Å². The van der Waals surface area contributed by atoms with E-state index in [9.17, 15) is 25.5 Å². The summed E-state index contributed by atoms with van der Waals surface area (Å²) in [6.45, 7) is 0. The van der Waals surface area contributed by atoms with Gasteiger partial charge in [0.1, 0.15) is 29.1 Å². The van der Waals surface area contributed by atoms with Gasteiger partial charge >= 0.3 is 0 Å². The smallest absolute Gasteiger partial charge is 0.135 e. The number of allylic oxidation sites excluding steroid dienone is 1. The number of phenolic OH excluding ortho intramolecular Hbond substituents is 3. The fraction of sp³-hybridized carbons (Fsp3) is 0.143. The quantitative estimate of drug-likeness (QED) is 0.340. The molecule has 6 heteroatoms. The number of aliphatic hydroxyl groups is 2. The SMILES string of the molecule is OC1=CC(C2c3c(C=Cc4ccc(O)cc4)cc(O)cc3OC2c2ccc(O)cc2)=CC(O)C1. The third-order valence-corrected chi connectivity index (χ3v) is 6.09. The maximum atomic E-state index is 10.4. The molecule has 0 saturated heterocycles. The van der Waals surface area contributed by atoms with Crippen molar-refractivity contribution in [3.8, 4) is 23.0 Å². The van der Waals surface area contributed by atoms with Gasteiger partial charge in [0.15, 0.2) is 0 Å². The first-order valence-corrected chi connectivity index (χ1v) is 11.0. The standard InChI is InChI=1S/C28H24O6/c29-20-7-2-16(3-8-20)1-4-18-11-24(33)15-25-26(18)27(19-12-22(31)14-23(32)13-19)28(34-25)17-5-9-21(30)10-6-17/h1-13,15,22,27-33H,14H2. The predicted octanol–water partition coefficient (Wildman–Crippen LogP) is 5.32. The highest BCUT2D eigenvalue weighted by atomic mass is 16.5.